The van der Waals surface area contributed by atoms with Gasteiger partial charge in [0.1, 0.15) is 0 Å². The van der Waals surface area contributed by atoms with Gasteiger partial charge in [0, 0.05) is 12.3 Å². The summed E-state index contributed by atoms with van der Waals surface area (Å²) in [4.78, 5) is 20.5. The predicted molar refractivity (Wildman–Crippen MR) is 74.0 cm³/mol. The molecule has 0 radical (unpaired) electrons. The highest BCUT2D eigenvalue weighted by Crippen LogP contribution is 2.28. The first kappa shape index (κ1) is 12.8. The molecule has 20 heavy (non-hydrogen) atoms. The van der Waals surface area contributed by atoms with E-state index in [1.165, 1.54) is 6.20 Å². The topological polar surface area (TPSA) is 69.4 Å². The molecule has 0 atom stereocenters. The van der Waals surface area contributed by atoms with Crippen molar-refractivity contribution in [3.63, 3.8) is 0 Å². The Kier molecular flexibility index (Phi) is 3.02. The zero-order valence-electron chi connectivity index (χ0n) is 10.9. The molecular weight excluding hydrogens is 280 g/mol. The number of hydrogen-bond donors (Lipinski definition) is 0. The van der Waals surface area contributed by atoms with E-state index in [-0.39, 0.29) is 17.2 Å². The molecule has 0 unspecified atom stereocenters. The number of aryl methyl sites for hydroxylation is 1. The van der Waals surface area contributed by atoms with Crippen molar-refractivity contribution in [2.75, 3.05) is 6.61 Å². The summed E-state index contributed by atoms with van der Waals surface area (Å²) < 4.78 is 6.55. The summed E-state index contributed by atoms with van der Waals surface area (Å²) in [6, 6.07) is 1.78. The van der Waals surface area contributed by atoms with Crippen LogP contribution in [0, 0.1) is 6.92 Å². The van der Waals surface area contributed by atoms with E-state index in [2.05, 4.69) is 15.1 Å². The van der Waals surface area contributed by atoms with Crippen LogP contribution in [0.1, 0.15) is 23.0 Å². The van der Waals surface area contributed by atoms with Crippen molar-refractivity contribution >= 4 is 34.3 Å². The normalized spacial score (nSPS) is 11.2. The Hall–Kier alpha value is -2.21. The number of carbonyl (C=O) groups excluding carboxylic acids is 1. The molecule has 3 aromatic heterocycles. The van der Waals surface area contributed by atoms with E-state index in [0.717, 1.165) is 0 Å². The third-order valence-corrected chi connectivity index (χ3v) is 3.35. The first-order valence-corrected chi connectivity index (χ1v) is 6.47. The fraction of sp³-hybridized carbons (Fsp3) is 0.231. The molecule has 0 bridgehead atoms. The number of pyridine rings is 1. The van der Waals surface area contributed by atoms with Crippen molar-refractivity contribution in [3.8, 4) is 0 Å². The quantitative estimate of drug-likeness (QED) is 0.678. The van der Waals surface area contributed by atoms with Gasteiger partial charge in [0.05, 0.1) is 34.5 Å². The van der Waals surface area contributed by atoms with Crippen molar-refractivity contribution in [3.05, 3.63) is 34.7 Å². The number of fused-ring (bicyclic) bond motifs is 3. The van der Waals surface area contributed by atoms with Gasteiger partial charge >= 0.3 is 5.97 Å². The number of ether oxygens (including phenoxy) is 1. The van der Waals surface area contributed by atoms with Crippen LogP contribution < -0.4 is 0 Å². The van der Waals surface area contributed by atoms with Crippen molar-refractivity contribution in [2.24, 2.45) is 0 Å². The molecule has 0 aliphatic rings. The molecule has 0 aliphatic heterocycles. The molecule has 0 spiro atoms. The van der Waals surface area contributed by atoms with E-state index in [1.807, 2.05) is 6.92 Å². The minimum atomic E-state index is -0.494. The Balaban J connectivity index is 2.34. The lowest BCUT2D eigenvalue weighted by molar-refractivity contribution is 0.0526. The van der Waals surface area contributed by atoms with Crippen molar-refractivity contribution in [1.82, 2.24) is 19.6 Å². The standard InChI is InChI=1S/C13H11ClN4O2/c1-3-20-13(19)8-6-15-12-10(11(8)14)7(2)17-9-4-5-16-18(9)12/h4-6H,3H2,1-2H3. The lowest BCUT2D eigenvalue weighted by Gasteiger charge is -2.09. The van der Waals surface area contributed by atoms with Crippen molar-refractivity contribution in [1.29, 1.82) is 0 Å². The van der Waals surface area contributed by atoms with Crippen LogP contribution in [0.2, 0.25) is 5.02 Å². The van der Waals surface area contributed by atoms with Gasteiger partial charge in [-0.15, -0.1) is 0 Å². The summed E-state index contributed by atoms with van der Waals surface area (Å²) in [5, 5.41) is 5.05. The average molecular weight is 291 g/mol. The Bertz CT molecular complexity index is 828. The fourth-order valence-electron chi connectivity index (χ4n) is 2.08. The van der Waals surface area contributed by atoms with Crippen LogP contribution >= 0.6 is 11.6 Å². The predicted octanol–water partition coefficient (Wildman–Crippen LogP) is 2.42. The second-order valence-corrected chi connectivity index (χ2v) is 4.58. The van der Waals surface area contributed by atoms with Crippen LogP contribution in [-0.4, -0.2) is 32.2 Å². The molecule has 0 N–H and O–H groups in total. The van der Waals surface area contributed by atoms with Gasteiger partial charge in [-0.05, 0) is 13.8 Å². The maximum Gasteiger partial charge on any atom is 0.341 e. The maximum absolute atomic E-state index is 11.8. The summed E-state index contributed by atoms with van der Waals surface area (Å²) in [7, 11) is 0. The monoisotopic (exact) mass is 290 g/mol. The summed E-state index contributed by atoms with van der Waals surface area (Å²) in [5.41, 5.74) is 2.17. The maximum atomic E-state index is 11.8. The van der Waals surface area contributed by atoms with Crippen LogP contribution in [0.3, 0.4) is 0 Å². The Morgan fingerprint density at radius 2 is 2.30 bits per heavy atom. The molecular formula is C13H11ClN4O2. The minimum Gasteiger partial charge on any atom is -0.462 e. The van der Waals surface area contributed by atoms with E-state index < -0.39 is 5.97 Å². The number of nitrogens with zero attached hydrogens (tertiary/aromatic N) is 4. The molecule has 3 rings (SSSR count). The second kappa shape index (κ2) is 4.72. The zero-order valence-corrected chi connectivity index (χ0v) is 11.7. The fourth-order valence-corrected chi connectivity index (χ4v) is 2.43. The third-order valence-electron chi connectivity index (χ3n) is 2.96. The molecule has 102 valence electrons. The van der Waals surface area contributed by atoms with Crippen LogP contribution in [0.5, 0.6) is 0 Å². The van der Waals surface area contributed by atoms with E-state index in [0.29, 0.717) is 22.4 Å². The summed E-state index contributed by atoms with van der Waals surface area (Å²) >= 11 is 6.32. The van der Waals surface area contributed by atoms with Gasteiger partial charge in [0.2, 0.25) is 0 Å². The minimum absolute atomic E-state index is 0.234. The summed E-state index contributed by atoms with van der Waals surface area (Å²) in [6.07, 6.45) is 3.04. The number of carbonyl (C=O) groups is 1. The lowest BCUT2D eigenvalue weighted by atomic mass is 10.2. The molecule has 7 heteroatoms. The lowest BCUT2D eigenvalue weighted by Crippen LogP contribution is -2.08. The smallest absolute Gasteiger partial charge is 0.341 e. The first-order valence-electron chi connectivity index (χ1n) is 6.09. The van der Waals surface area contributed by atoms with Gasteiger partial charge in [0.25, 0.3) is 0 Å². The molecule has 3 heterocycles. The van der Waals surface area contributed by atoms with E-state index in [9.17, 15) is 4.79 Å². The summed E-state index contributed by atoms with van der Waals surface area (Å²) in [5.74, 6) is -0.494. The number of esters is 1. The van der Waals surface area contributed by atoms with Gasteiger partial charge in [-0.3, -0.25) is 0 Å². The molecule has 0 saturated heterocycles. The Morgan fingerprint density at radius 3 is 3.05 bits per heavy atom. The molecule has 0 amide bonds. The van der Waals surface area contributed by atoms with Crippen LogP contribution in [0.15, 0.2) is 18.5 Å². The van der Waals surface area contributed by atoms with E-state index in [4.69, 9.17) is 16.3 Å². The molecule has 0 aliphatic carbocycles. The number of aromatic nitrogens is 4. The van der Waals surface area contributed by atoms with Crippen molar-refractivity contribution in [2.45, 2.75) is 13.8 Å². The van der Waals surface area contributed by atoms with E-state index in [1.54, 1.807) is 23.7 Å². The van der Waals surface area contributed by atoms with Crippen molar-refractivity contribution < 1.29 is 9.53 Å². The van der Waals surface area contributed by atoms with Crippen LogP contribution in [0.25, 0.3) is 16.7 Å². The molecule has 0 fully saturated rings. The third kappa shape index (κ3) is 1.80. The van der Waals surface area contributed by atoms with E-state index >= 15 is 0 Å². The van der Waals surface area contributed by atoms with Gasteiger partial charge in [0.15, 0.2) is 11.3 Å². The zero-order chi connectivity index (χ0) is 14.3. The highest BCUT2D eigenvalue weighted by Gasteiger charge is 2.18. The number of halogens is 1. The van der Waals surface area contributed by atoms with Crippen LogP contribution in [0.4, 0.5) is 0 Å². The Morgan fingerprint density at radius 1 is 1.50 bits per heavy atom. The SMILES string of the molecule is CCOC(=O)c1cnc2c(c(C)nc3ccnn32)c1Cl. The van der Waals surface area contributed by atoms with Gasteiger partial charge in [-0.2, -0.15) is 9.61 Å². The molecule has 3 aromatic rings. The van der Waals surface area contributed by atoms with Gasteiger partial charge in [-0.25, -0.2) is 14.8 Å². The highest BCUT2D eigenvalue weighted by molar-refractivity contribution is 6.38. The summed E-state index contributed by atoms with van der Waals surface area (Å²) in [6.45, 7) is 3.83. The largest absolute Gasteiger partial charge is 0.462 e. The molecule has 0 aromatic carbocycles. The average Bonchev–Trinajstić information content (AvgIpc) is 2.87. The first-order chi connectivity index (χ1) is 9.63. The second-order valence-electron chi connectivity index (χ2n) is 4.20. The highest BCUT2D eigenvalue weighted by atomic mass is 35.5. The van der Waals surface area contributed by atoms with Crippen LogP contribution in [-0.2, 0) is 4.74 Å². The number of rotatable bonds is 2. The Labute approximate surface area is 119 Å². The van der Waals surface area contributed by atoms with Gasteiger partial charge < -0.3 is 4.74 Å². The molecule has 6 nitrogen and oxygen atoms in total. The number of hydrogen-bond acceptors (Lipinski definition) is 5. The molecule has 0 saturated carbocycles. The van der Waals surface area contributed by atoms with Gasteiger partial charge in [-0.1, -0.05) is 11.6 Å².